The van der Waals surface area contributed by atoms with Gasteiger partial charge < -0.3 is 32.7 Å². The zero-order valence-corrected chi connectivity index (χ0v) is 35.9. The van der Waals surface area contributed by atoms with Crippen molar-refractivity contribution in [2.45, 2.75) is 96.3 Å². The highest BCUT2D eigenvalue weighted by atomic mass is 32.2. The molecule has 61 heavy (non-hydrogen) atoms. The normalized spacial score (nSPS) is 12.3. The zero-order chi connectivity index (χ0) is 44.2. The van der Waals surface area contributed by atoms with E-state index < -0.39 is 39.7 Å². The lowest BCUT2D eigenvalue weighted by atomic mass is 10.0. The largest absolute Gasteiger partial charge is 0.384 e. The molecule has 14 nitrogen and oxygen atoms in total. The minimum Gasteiger partial charge on any atom is -0.384 e. The molecular formula is C46H60N8O6S. The molecule has 326 valence electrons. The fourth-order valence-corrected chi connectivity index (χ4v) is 7.89. The van der Waals surface area contributed by atoms with Crippen LogP contribution in [0.4, 0.5) is 0 Å². The van der Waals surface area contributed by atoms with Crippen LogP contribution in [0.25, 0.3) is 0 Å². The van der Waals surface area contributed by atoms with Crippen molar-refractivity contribution < 1.29 is 27.6 Å². The molecule has 4 aromatic carbocycles. The second-order valence-corrected chi connectivity index (χ2v) is 17.3. The number of aryl methyl sites for hydroxylation is 1. The summed E-state index contributed by atoms with van der Waals surface area (Å²) in [5.74, 6) is -1.66. The first-order valence-corrected chi connectivity index (χ1v) is 22.3. The Labute approximate surface area is 359 Å². The minimum atomic E-state index is -4.11. The van der Waals surface area contributed by atoms with Crippen molar-refractivity contribution >= 4 is 39.5 Å². The van der Waals surface area contributed by atoms with E-state index in [4.69, 9.17) is 16.9 Å². The van der Waals surface area contributed by atoms with Crippen LogP contribution < -0.4 is 37.5 Å². The molecule has 15 heteroatoms. The van der Waals surface area contributed by atoms with Crippen LogP contribution >= 0.6 is 0 Å². The van der Waals surface area contributed by atoms with Gasteiger partial charge in [0.1, 0.15) is 17.9 Å². The highest BCUT2D eigenvalue weighted by molar-refractivity contribution is 7.88. The average molecular weight is 853 g/mol. The summed E-state index contributed by atoms with van der Waals surface area (Å²) >= 11 is 0. The maximum atomic E-state index is 14.2. The maximum Gasteiger partial charge on any atom is 0.243 e. The van der Waals surface area contributed by atoms with E-state index in [2.05, 4.69) is 39.8 Å². The average Bonchev–Trinajstić information content (AvgIpc) is 3.23. The summed E-state index contributed by atoms with van der Waals surface area (Å²) in [7, 11) is -4.11. The molecule has 4 aromatic rings. The molecule has 0 unspecified atom stereocenters. The Morgan fingerprint density at radius 2 is 1.26 bits per heavy atom. The van der Waals surface area contributed by atoms with Crippen molar-refractivity contribution in [1.82, 2.24) is 26.0 Å². The summed E-state index contributed by atoms with van der Waals surface area (Å²) < 4.78 is 30.2. The SMILES string of the molecule is CC(C)CCNC(=O)CCC(=O)NCc1cccc(CS(=O)(=O)N[C@H](CCCc2ccccc2)C(=O)N[C@@H](Cc2cccc(CN)c2)C(=O)NCc2ccc(C(=N)N)cc2)c1. The Morgan fingerprint density at radius 1 is 0.656 bits per heavy atom. The van der Waals surface area contributed by atoms with Crippen LogP contribution in [0.5, 0.6) is 0 Å². The lowest BCUT2D eigenvalue weighted by molar-refractivity contribution is -0.130. The van der Waals surface area contributed by atoms with E-state index in [1.54, 1.807) is 48.5 Å². The van der Waals surface area contributed by atoms with Gasteiger partial charge in [0.25, 0.3) is 0 Å². The number of nitrogens with two attached hydrogens (primary N) is 2. The van der Waals surface area contributed by atoms with Crippen molar-refractivity contribution in [3.05, 3.63) is 142 Å². The lowest BCUT2D eigenvalue weighted by Gasteiger charge is -2.24. The van der Waals surface area contributed by atoms with Crippen LogP contribution in [0.15, 0.2) is 103 Å². The molecule has 4 amide bonds. The topological polar surface area (TPSA) is 238 Å². The number of nitrogen functional groups attached to an aromatic ring is 1. The first kappa shape index (κ1) is 47.8. The Kier molecular flexibility index (Phi) is 19.1. The van der Waals surface area contributed by atoms with Gasteiger partial charge in [-0.2, -0.15) is 0 Å². The standard InChI is InChI=1S/C46H60N8O6S/c1-32(2)23-24-50-42(55)21-22-43(56)51-30-37-14-7-15-38(26-37)31-61(59,60)54-40(16-8-11-33-9-4-3-5-10-33)46(58)53-41(27-35-12-6-13-36(25-35)28-47)45(57)52-29-34-17-19-39(20-18-34)44(48)49/h3-7,9-10,12-15,17-20,25-26,32,40-41,54H,8,11,16,21-24,27-31,47H2,1-2H3,(H3,48,49)(H,50,55)(H,51,56)(H,52,57)(H,53,58)/t40-,41+/m1/s1. The van der Waals surface area contributed by atoms with Gasteiger partial charge in [-0.1, -0.05) is 117 Å². The zero-order valence-electron chi connectivity index (χ0n) is 35.0. The number of hydrogen-bond donors (Lipinski definition) is 8. The van der Waals surface area contributed by atoms with Crippen LogP contribution in [-0.2, 0) is 67.4 Å². The van der Waals surface area contributed by atoms with Crippen LogP contribution in [0.2, 0.25) is 0 Å². The minimum absolute atomic E-state index is 0.0256. The quantitative estimate of drug-likeness (QED) is 0.0359. The molecule has 0 radical (unpaired) electrons. The fourth-order valence-electron chi connectivity index (χ4n) is 6.53. The van der Waals surface area contributed by atoms with Crippen LogP contribution in [0.3, 0.4) is 0 Å². The van der Waals surface area contributed by atoms with Crippen LogP contribution in [0.1, 0.15) is 84.9 Å². The molecule has 2 atom stereocenters. The molecule has 10 N–H and O–H groups in total. The van der Waals surface area contributed by atoms with E-state index in [-0.39, 0.29) is 63.0 Å². The van der Waals surface area contributed by atoms with Crippen molar-refractivity contribution in [3.63, 3.8) is 0 Å². The highest BCUT2D eigenvalue weighted by Gasteiger charge is 2.29. The second-order valence-electron chi connectivity index (χ2n) is 15.6. The van der Waals surface area contributed by atoms with Gasteiger partial charge in [-0.15, -0.1) is 0 Å². The summed E-state index contributed by atoms with van der Waals surface area (Å²) in [6.45, 7) is 5.26. The van der Waals surface area contributed by atoms with E-state index in [0.717, 1.165) is 28.7 Å². The first-order valence-electron chi connectivity index (χ1n) is 20.6. The number of amides is 4. The summed E-state index contributed by atoms with van der Waals surface area (Å²) in [6.07, 6.45) is 2.30. The molecule has 0 saturated heterocycles. The number of amidine groups is 1. The monoisotopic (exact) mass is 852 g/mol. The number of nitrogens with one attached hydrogen (secondary N) is 6. The van der Waals surface area contributed by atoms with Crippen LogP contribution in [0, 0.1) is 11.3 Å². The van der Waals surface area contributed by atoms with Gasteiger partial charge in [0.2, 0.25) is 33.7 Å². The van der Waals surface area contributed by atoms with Crippen molar-refractivity contribution in [2.24, 2.45) is 17.4 Å². The second kappa shape index (κ2) is 24.4. The predicted octanol–water partition coefficient (Wildman–Crippen LogP) is 3.84. The fraction of sp³-hybridized carbons (Fsp3) is 0.370. The number of benzene rings is 4. The number of carbonyl (C=O) groups excluding carboxylic acids is 4. The van der Waals surface area contributed by atoms with E-state index >= 15 is 0 Å². The molecule has 0 saturated carbocycles. The summed E-state index contributed by atoms with van der Waals surface area (Å²) in [5, 5.41) is 19.0. The lowest BCUT2D eigenvalue weighted by Crippen LogP contribution is -2.54. The van der Waals surface area contributed by atoms with Crippen molar-refractivity contribution in [3.8, 4) is 0 Å². The van der Waals surface area contributed by atoms with E-state index in [1.165, 1.54) is 0 Å². The third-order valence-corrected chi connectivity index (χ3v) is 11.3. The molecule has 0 aliphatic carbocycles. The third-order valence-electron chi connectivity index (χ3n) is 9.93. The third kappa shape index (κ3) is 17.7. The Bertz CT molecular complexity index is 2180. The molecule has 0 heterocycles. The van der Waals surface area contributed by atoms with Crippen molar-refractivity contribution in [1.29, 1.82) is 5.41 Å². The van der Waals surface area contributed by atoms with Gasteiger partial charge in [0, 0.05) is 51.0 Å². The van der Waals surface area contributed by atoms with Gasteiger partial charge in [-0.3, -0.25) is 24.6 Å². The molecule has 0 fully saturated rings. The van der Waals surface area contributed by atoms with Gasteiger partial charge in [0.15, 0.2) is 0 Å². The van der Waals surface area contributed by atoms with E-state index in [1.807, 2.05) is 54.6 Å². The van der Waals surface area contributed by atoms with E-state index in [0.29, 0.717) is 42.0 Å². The number of carbonyl (C=O) groups is 4. The predicted molar refractivity (Wildman–Crippen MR) is 238 cm³/mol. The molecule has 4 rings (SSSR count). The maximum absolute atomic E-state index is 14.2. The summed E-state index contributed by atoms with van der Waals surface area (Å²) in [4.78, 5) is 52.5. The smallest absolute Gasteiger partial charge is 0.243 e. The Balaban J connectivity index is 1.46. The molecule has 0 bridgehead atoms. The van der Waals surface area contributed by atoms with Gasteiger partial charge in [0.05, 0.1) is 5.75 Å². The summed E-state index contributed by atoms with van der Waals surface area (Å²) in [6, 6.07) is 28.4. The van der Waals surface area contributed by atoms with Gasteiger partial charge >= 0.3 is 0 Å². The van der Waals surface area contributed by atoms with Gasteiger partial charge in [-0.25, -0.2) is 13.1 Å². The molecule has 0 spiro atoms. The molecule has 0 aromatic heterocycles. The number of sulfonamides is 1. The Morgan fingerprint density at radius 3 is 1.93 bits per heavy atom. The highest BCUT2D eigenvalue weighted by Crippen LogP contribution is 2.14. The number of hydrogen-bond acceptors (Lipinski definition) is 8. The number of rotatable bonds is 25. The van der Waals surface area contributed by atoms with Crippen molar-refractivity contribution in [2.75, 3.05) is 6.54 Å². The van der Waals surface area contributed by atoms with Crippen LogP contribution in [-0.4, -0.2) is 56.5 Å². The molecular weight excluding hydrogens is 793 g/mol. The first-order chi connectivity index (χ1) is 29.2. The Hall–Kier alpha value is -5.90. The van der Waals surface area contributed by atoms with Gasteiger partial charge in [-0.05, 0) is 65.0 Å². The van der Waals surface area contributed by atoms with E-state index in [9.17, 15) is 27.6 Å². The molecule has 0 aliphatic rings. The summed E-state index contributed by atoms with van der Waals surface area (Å²) in [5.41, 5.74) is 16.5. The molecule has 0 aliphatic heterocycles.